The number of nitrogens with one attached hydrogen (secondary N) is 1. The first-order chi connectivity index (χ1) is 8.86. The summed E-state index contributed by atoms with van der Waals surface area (Å²) >= 11 is 0.725. The van der Waals surface area contributed by atoms with E-state index >= 15 is 0 Å². The third-order valence-electron chi connectivity index (χ3n) is 2.22. The second-order valence-electron chi connectivity index (χ2n) is 3.83. The molecule has 1 rings (SSSR count). The lowest BCUT2D eigenvalue weighted by atomic mass is 10.2. The van der Waals surface area contributed by atoms with E-state index in [1.165, 1.54) is 12.1 Å². The molecule has 104 valence electrons. The van der Waals surface area contributed by atoms with Crippen molar-refractivity contribution in [3.8, 4) is 6.07 Å². The Morgan fingerprint density at radius 3 is 2.79 bits per heavy atom. The zero-order valence-electron chi connectivity index (χ0n) is 10.1. The fourth-order valence-electron chi connectivity index (χ4n) is 1.30. The smallest absolute Gasteiger partial charge is 0.301 e. The molecule has 0 aliphatic heterocycles. The van der Waals surface area contributed by atoms with Crippen LogP contribution in [0.25, 0.3) is 0 Å². The van der Waals surface area contributed by atoms with Gasteiger partial charge in [-0.25, -0.2) is 4.98 Å². The number of aromatic amines is 1. The van der Waals surface area contributed by atoms with E-state index in [4.69, 9.17) is 5.26 Å². The first-order valence-corrected chi connectivity index (χ1v) is 6.54. The van der Waals surface area contributed by atoms with E-state index in [-0.39, 0.29) is 5.16 Å². The van der Waals surface area contributed by atoms with Crippen molar-refractivity contribution in [2.75, 3.05) is 5.75 Å². The minimum Gasteiger partial charge on any atom is -0.301 e. The molecule has 0 spiro atoms. The summed E-state index contributed by atoms with van der Waals surface area (Å²) in [6, 6.07) is 2.52. The molecular weight excluding hydrogens is 279 g/mol. The number of H-pyrrole nitrogens is 1. The van der Waals surface area contributed by atoms with E-state index in [9.17, 15) is 18.0 Å². The van der Waals surface area contributed by atoms with E-state index in [1.807, 2.05) is 6.92 Å². The molecule has 0 aromatic carbocycles. The average Bonchev–Trinajstić information content (AvgIpc) is 2.27. The molecule has 0 aliphatic rings. The van der Waals surface area contributed by atoms with Gasteiger partial charge in [0.2, 0.25) is 0 Å². The molecule has 0 fully saturated rings. The van der Waals surface area contributed by atoms with Crippen LogP contribution in [0.15, 0.2) is 16.0 Å². The van der Waals surface area contributed by atoms with E-state index in [2.05, 4.69) is 9.97 Å². The zero-order valence-corrected chi connectivity index (χ0v) is 10.9. The van der Waals surface area contributed by atoms with Crippen LogP contribution in [0, 0.1) is 17.2 Å². The lowest BCUT2D eigenvalue weighted by molar-refractivity contribution is -0.152. The predicted molar refractivity (Wildman–Crippen MR) is 64.7 cm³/mol. The highest BCUT2D eigenvalue weighted by Crippen LogP contribution is 2.29. The van der Waals surface area contributed by atoms with E-state index < -0.39 is 23.4 Å². The van der Waals surface area contributed by atoms with Crippen molar-refractivity contribution in [2.45, 2.75) is 31.1 Å². The largest absolute Gasteiger partial charge is 0.405 e. The predicted octanol–water partition coefficient (Wildman–Crippen LogP) is 2.52. The third kappa shape index (κ3) is 4.95. The molecule has 0 bridgehead atoms. The van der Waals surface area contributed by atoms with E-state index in [0.29, 0.717) is 12.1 Å². The van der Waals surface area contributed by atoms with E-state index in [0.717, 1.165) is 18.2 Å². The maximum absolute atomic E-state index is 12.4. The lowest BCUT2D eigenvalue weighted by Crippen LogP contribution is -2.23. The van der Waals surface area contributed by atoms with Crippen molar-refractivity contribution < 1.29 is 13.2 Å². The zero-order chi connectivity index (χ0) is 14.5. The Morgan fingerprint density at radius 1 is 1.58 bits per heavy atom. The van der Waals surface area contributed by atoms with Gasteiger partial charge in [-0.05, 0) is 6.42 Å². The summed E-state index contributed by atoms with van der Waals surface area (Å²) in [6.07, 6.45) is -3.20. The molecule has 0 amide bonds. The summed E-state index contributed by atoms with van der Waals surface area (Å²) < 4.78 is 37.1. The van der Waals surface area contributed by atoms with Gasteiger partial charge < -0.3 is 4.98 Å². The first-order valence-electron chi connectivity index (χ1n) is 5.56. The summed E-state index contributed by atoms with van der Waals surface area (Å²) in [5, 5.41) is 8.57. The van der Waals surface area contributed by atoms with Crippen LogP contribution in [0.3, 0.4) is 0 Å². The van der Waals surface area contributed by atoms with Crippen molar-refractivity contribution >= 4 is 11.8 Å². The molecule has 1 heterocycles. The van der Waals surface area contributed by atoms with Crippen LogP contribution in [0.2, 0.25) is 0 Å². The maximum atomic E-state index is 12.4. The van der Waals surface area contributed by atoms with Gasteiger partial charge in [0, 0.05) is 17.5 Å². The molecule has 0 aliphatic carbocycles. The lowest BCUT2D eigenvalue weighted by Gasteiger charge is -2.12. The molecule has 19 heavy (non-hydrogen) atoms. The van der Waals surface area contributed by atoms with Crippen molar-refractivity contribution in [3.63, 3.8) is 0 Å². The second-order valence-corrected chi connectivity index (χ2v) is 4.83. The monoisotopic (exact) mass is 291 g/mol. The van der Waals surface area contributed by atoms with Crippen LogP contribution < -0.4 is 5.56 Å². The van der Waals surface area contributed by atoms with Gasteiger partial charge in [0.25, 0.3) is 5.56 Å². The number of aromatic nitrogens is 2. The van der Waals surface area contributed by atoms with Crippen molar-refractivity contribution in [1.82, 2.24) is 9.97 Å². The molecular formula is C11H12F3N3OS. The fraction of sp³-hybridized carbons (Fsp3) is 0.545. The highest BCUT2D eigenvalue weighted by Gasteiger charge is 2.39. The number of alkyl halides is 3. The van der Waals surface area contributed by atoms with Gasteiger partial charge in [0.1, 0.15) is 0 Å². The molecule has 1 N–H and O–H groups in total. The minimum atomic E-state index is -4.57. The van der Waals surface area contributed by atoms with Gasteiger partial charge in [0.05, 0.1) is 6.07 Å². The van der Waals surface area contributed by atoms with Crippen LogP contribution in [0.5, 0.6) is 0 Å². The Morgan fingerprint density at radius 2 is 2.26 bits per heavy atom. The van der Waals surface area contributed by atoms with Gasteiger partial charge in [-0.1, -0.05) is 25.1 Å². The van der Waals surface area contributed by atoms with Crippen LogP contribution in [0.1, 0.15) is 19.0 Å². The molecule has 0 saturated heterocycles. The quantitative estimate of drug-likeness (QED) is 0.668. The molecule has 1 unspecified atom stereocenters. The fourth-order valence-corrected chi connectivity index (χ4v) is 2.25. The molecule has 0 radical (unpaired) electrons. The Kier molecular flexibility index (Phi) is 5.42. The summed E-state index contributed by atoms with van der Waals surface area (Å²) in [5.74, 6) is -2.56. The number of thioether (sulfide) groups is 1. The summed E-state index contributed by atoms with van der Waals surface area (Å²) in [4.78, 5) is 17.7. The third-order valence-corrected chi connectivity index (χ3v) is 3.18. The maximum Gasteiger partial charge on any atom is 0.405 e. The topological polar surface area (TPSA) is 69.5 Å². The Balaban J connectivity index is 2.78. The van der Waals surface area contributed by atoms with Crippen molar-refractivity contribution in [3.05, 3.63) is 22.1 Å². The van der Waals surface area contributed by atoms with Gasteiger partial charge in [-0.2, -0.15) is 18.4 Å². The number of hydrogen-bond donors (Lipinski definition) is 1. The van der Waals surface area contributed by atoms with Crippen LogP contribution in [-0.2, 0) is 6.42 Å². The molecule has 8 heteroatoms. The summed E-state index contributed by atoms with van der Waals surface area (Å²) in [6.45, 7) is 1.91. The van der Waals surface area contributed by atoms with Crippen molar-refractivity contribution in [1.29, 1.82) is 5.26 Å². The van der Waals surface area contributed by atoms with Gasteiger partial charge in [-0.3, -0.25) is 4.79 Å². The van der Waals surface area contributed by atoms with Gasteiger partial charge in [0.15, 0.2) is 11.1 Å². The molecule has 1 aromatic heterocycles. The number of nitriles is 1. The van der Waals surface area contributed by atoms with Gasteiger partial charge >= 0.3 is 6.18 Å². The van der Waals surface area contributed by atoms with E-state index in [1.54, 1.807) is 0 Å². The Hall–Kier alpha value is -1.49. The minimum absolute atomic E-state index is 0.112. The highest BCUT2D eigenvalue weighted by molar-refractivity contribution is 7.99. The average molecular weight is 291 g/mol. The molecule has 4 nitrogen and oxygen atoms in total. The molecule has 1 aromatic rings. The summed E-state index contributed by atoms with van der Waals surface area (Å²) in [5.41, 5.74) is 0.135. The summed E-state index contributed by atoms with van der Waals surface area (Å²) in [7, 11) is 0. The molecule has 1 atom stereocenters. The number of hydrogen-bond acceptors (Lipinski definition) is 4. The van der Waals surface area contributed by atoms with Crippen LogP contribution in [0.4, 0.5) is 13.2 Å². The van der Waals surface area contributed by atoms with Crippen LogP contribution in [-0.4, -0.2) is 21.9 Å². The Bertz CT molecular complexity index is 521. The number of rotatable bonds is 5. The number of nitrogens with zero attached hydrogens (tertiary/aromatic N) is 2. The van der Waals surface area contributed by atoms with Gasteiger partial charge in [-0.15, -0.1) is 0 Å². The SMILES string of the molecule is CCCc1cc(=O)[nH]c(SCC(C#N)C(F)(F)F)n1. The first kappa shape index (κ1) is 15.6. The second kappa shape index (κ2) is 6.61. The highest BCUT2D eigenvalue weighted by atomic mass is 32.2. The Labute approximate surface area is 112 Å². The standard InChI is InChI=1S/C11H12F3N3OS/c1-2-3-8-4-9(18)17-10(16-8)19-6-7(5-15)11(12,13)14/h4,7H,2-3,6H2,1H3,(H,16,17,18). The normalized spacial score (nSPS) is 13.0. The number of aryl methyl sites for hydroxylation is 1. The van der Waals surface area contributed by atoms with Crippen LogP contribution >= 0.6 is 11.8 Å². The van der Waals surface area contributed by atoms with Crippen molar-refractivity contribution in [2.24, 2.45) is 5.92 Å². The molecule has 0 saturated carbocycles. The number of halogens is 3.